The second kappa shape index (κ2) is 5.28. The number of halogens is 4. The van der Waals surface area contributed by atoms with E-state index >= 15 is 0 Å². The number of methoxy groups -OCH3 is 1. The van der Waals surface area contributed by atoms with Crippen molar-refractivity contribution in [3.63, 3.8) is 0 Å². The highest BCUT2D eigenvalue weighted by Gasteiger charge is 2.31. The molecule has 0 aliphatic carbocycles. The molecular weight excluding hydrogens is 311 g/mol. The maximum atomic E-state index is 12.8. The lowest BCUT2D eigenvalue weighted by atomic mass is 10.2. The van der Waals surface area contributed by atoms with E-state index in [1.165, 1.54) is 6.07 Å². The molecule has 0 saturated carbocycles. The third-order valence-electron chi connectivity index (χ3n) is 2.67. The highest BCUT2D eigenvalue weighted by molar-refractivity contribution is 6.30. The number of alkyl halides is 3. The zero-order chi connectivity index (χ0) is 15.8. The fraction of sp³-hybridized carbons (Fsp3) is 0.167. The van der Waals surface area contributed by atoms with E-state index in [-0.39, 0.29) is 22.2 Å². The number of ether oxygens (including phenoxy) is 1. The van der Waals surface area contributed by atoms with E-state index in [1.807, 2.05) is 0 Å². The van der Waals surface area contributed by atoms with Gasteiger partial charge in [-0.05, 0) is 18.2 Å². The molecule has 0 atom stereocenters. The maximum absolute atomic E-state index is 12.8. The van der Waals surface area contributed by atoms with Crippen LogP contribution in [0, 0.1) is 0 Å². The molecule has 0 saturated heterocycles. The van der Waals surface area contributed by atoms with Crippen LogP contribution in [0.2, 0.25) is 5.02 Å². The van der Waals surface area contributed by atoms with Crippen molar-refractivity contribution in [2.75, 3.05) is 12.8 Å². The minimum absolute atomic E-state index is 0.0370. The summed E-state index contributed by atoms with van der Waals surface area (Å²) in [5.74, 6) is -0.929. The van der Waals surface area contributed by atoms with E-state index in [0.29, 0.717) is 0 Å². The third-order valence-corrected chi connectivity index (χ3v) is 2.89. The van der Waals surface area contributed by atoms with Crippen LogP contribution in [-0.2, 0) is 10.9 Å². The fourth-order valence-corrected chi connectivity index (χ4v) is 1.92. The van der Waals surface area contributed by atoms with Gasteiger partial charge in [-0.3, -0.25) is 4.57 Å². The average Bonchev–Trinajstić information content (AvgIpc) is 2.78. The van der Waals surface area contributed by atoms with Crippen molar-refractivity contribution in [3.05, 3.63) is 40.8 Å². The number of anilines is 1. The number of rotatable bonds is 2. The molecule has 0 spiro atoms. The molecule has 9 heteroatoms. The summed E-state index contributed by atoms with van der Waals surface area (Å²) in [4.78, 5) is 15.1. The van der Waals surface area contributed by atoms with Crippen molar-refractivity contribution < 1.29 is 22.7 Å². The summed E-state index contributed by atoms with van der Waals surface area (Å²) in [6.07, 6.45) is -3.44. The molecule has 2 aromatic rings. The van der Waals surface area contributed by atoms with E-state index in [2.05, 4.69) is 9.72 Å². The number of carbonyl (C=O) groups is 1. The van der Waals surface area contributed by atoms with Crippen molar-refractivity contribution in [2.45, 2.75) is 6.18 Å². The minimum Gasteiger partial charge on any atom is -0.464 e. The van der Waals surface area contributed by atoms with Gasteiger partial charge < -0.3 is 10.5 Å². The molecule has 1 aromatic carbocycles. The number of carbonyl (C=O) groups excluding carboxylic acids is 1. The van der Waals surface area contributed by atoms with Gasteiger partial charge >= 0.3 is 12.1 Å². The van der Waals surface area contributed by atoms with Crippen molar-refractivity contribution in [1.82, 2.24) is 9.55 Å². The predicted molar refractivity (Wildman–Crippen MR) is 69.3 cm³/mol. The number of hydrogen-bond acceptors (Lipinski definition) is 4. The highest BCUT2D eigenvalue weighted by Crippen LogP contribution is 2.33. The van der Waals surface area contributed by atoms with Crippen molar-refractivity contribution in [3.8, 4) is 5.69 Å². The lowest BCUT2D eigenvalue weighted by Gasteiger charge is -2.11. The number of nitrogens with two attached hydrogens (primary N) is 1. The molecule has 0 unspecified atom stereocenters. The van der Waals surface area contributed by atoms with Gasteiger partial charge in [0, 0.05) is 5.02 Å². The van der Waals surface area contributed by atoms with Gasteiger partial charge in [0.05, 0.1) is 18.4 Å². The lowest BCUT2D eigenvalue weighted by molar-refractivity contribution is -0.137. The fourth-order valence-electron chi connectivity index (χ4n) is 1.69. The summed E-state index contributed by atoms with van der Waals surface area (Å²) in [6.45, 7) is 0. The van der Waals surface area contributed by atoms with Gasteiger partial charge in [-0.15, -0.1) is 0 Å². The molecule has 0 radical (unpaired) electrons. The van der Waals surface area contributed by atoms with Crippen LogP contribution in [-0.4, -0.2) is 22.6 Å². The van der Waals surface area contributed by atoms with Crippen LogP contribution in [0.5, 0.6) is 0 Å². The summed E-state index contributed by atoms with van der Waals surface area (Å²) < 4.78 is 43.9. The van der Waals surface area contributed by atoms with Gasteiger partial charge in [0.2, 0.25) is 0 Å². The zero-order valence-electron chi connectivity index (χ0n) is 10.6. The Balaban J connectivity index is 2.55. The second-order valence-electron chi connectivity index (χ2n) is 4.04. The van der Waals surface area contributed by atoms with Crippen LogP contribution < -0.4 is 5.73 Å². The van der Waals surface area contributed by atoms with Gasteiger partial charge in [-0.1, -0.05) is 11.6 Å². The number of aromatic nitrogens is 2. The smallest absolute Gasteiger partial charge is 0.416 e. The Hall–Kier alpha value is -2.22. The Morgan fingerprint density at radius 2 is 2.05 bits per heavy atom. The Bertz CT molecular complexity index is 698. The largest absolute Gasteiger partial charge is 0.464 e. The Labute approximate surface area is 122 Å². The summed E-state index contributed by atoms with van der Waals surface area (Å²) in [7, 11) is 1.14. The first-order valence-corrected chi connectivity index (χ1v) is 5.91. The molecule has 5 nitrogen and oxygen atoms in total. The van der Waals surface area contributed by atoms with Gasteiger partial charge in [0.15, 0.2) is 5.69 Å². The van der Waals surface area contributed by atoms with Gasteiger partial charge in [-0.25, -0.2) is 9.78 Å². The SMILES string of the molecule is COC(=O)c1ncn(-c2cc(Cl)cc(C(F)(F)F)c2)c1N. The number of nitrogens with zero attached hydrogens (tertiary/aromatic N) is 2. The number of benzene rings is 1. The summed E-state index contributed by atoms with van der Waals surface area (Å²) >= 11 is 5.69. The molecule has 1 aromatic heterocycles. The van der Waals surface area contributed by atoms with Crippen molar-refractivity contribution in [2.24, 2.45) is 0 Å². The van der Waals surface area contributed by atoms with Gasteiger partial charge in [0.25, 0.3) is 0 Å². The number of nitrogen functional groups attached to an aromatic ring is 1. The van der Waals surface area contributed by atoms with E-state index in [0.717, 1.165) is 30.1 Å². The topological polar surface area (TPSA) is 70.1 Å². The monoisotopic (exact) mass is 319 g/mol. The first kappa shape index (κ1) is 15.2. The molecule has 2 N–H and O–H groups in total. The predicted octanol–water partition coefficient (Wildman–Crippen LogP) is 2.91. The Morgan fingerprint density at radius 3 is 2.62 bits per heavy atom. The molecule has 112 valence electrons. The second-order valence-corrected chi connectivity index (χ2v) is 4.47. The van der Waals surface area contributed by atoms with Crippen molar-refractivity contribution in [1.29, 1.82) is 0 Å². The minimum atomic E-state index is -4.56. The van der Waals surface area contributed by atoms with Crippen LogP contribution >= 0.6 is 11.6 Å². The Morgan fingerprint density at radius 1 is 1.38 bits per heavy atom. The van der Waals surface area contributed by atoms with E-state index in [9.17, 15) is 18.0 Å². The van der Waals surface area contributed by atoms with Crippen LogP contribution in [0.4, 0.5) is 19.0 Å². The number of imidazole rings is 1. The molecule has 1 heterocycles. The maximum Gasteiger partial charge on any atom is 0.416 e. The standard InChI is InChI=1S/C12H9ClF3N3O2/c1-21-11(20)9-10(17)19(5-18-9)8-3-6(12(14,15)16)2-7(13)4-8/h2-5H,17H2,1H3. The molecule has 0 aliphatic heterocycles. The molecule has 0 bridgehead atoms. The molecule has 2 rings (SSSR count). The van der Waals surface area contributed by atoms with Crippen LogP contribution in [0.25, 0.3) is 5.69 Å². The van der Waals surface area contributed by atoms with E-state index in [4.69, 9.17) is 17.3 Å². The summed E-state index contributed by atoms with van der Waals surface area (Å²) in [5, 5.41) is -0.118. The van der Waals surface area contributed by atoms with Crippen molar-refractivity contribution >= 4 is 23.4 Å². The zero-order valence-corrected chi connectivity index (χ0v) is 11.4. The lowest BCUT2D eigenvalue weighted by Crippen LogP contribution is -2.09. The number of esters is 1. The molecule has 21 heavy (non-hydrogen) atoms. The van der Waals surface area contributed by atoms with Crippen LogP contribution in [0.15, 0.2) is 24.5 Å². The quantitative estimate of drug-likeness (QED) is 0.864. The highest BCUT2D eigenvalue weighted by atomic mass is 35.5. The van der Waals surface area contributed by atoms with Gasteiger partial charge in [-0.2, -0.15) is 13.2 Å². The normalized spacial score (nSPS) is 11.5. The first-order chi connectivity index (χ1) is 9.74. The van der Waals surface area contributed by atoms with Crippen LogP contribution in [0.3, 0.4) is 0 Å². The molecule has 0 aliphatic rings. The average molecular weight is 320 g/mol. The van der Waals surface area contributed by atoms with E-state index in [1.54, 1.807) is 0 Å². The number of hydrogen-bond donors (Lipinski definition) is 1. The summed E-state index contributed by atoms with van der Waals surface area (Å²) in [5.41, 5.74) is 4.61. The molecule has 0 fully saturated rings. The summed E-state index contributed by atoms with van der Waals surface area (Å²) in [6, 6.07) is 2.92. The first-order valence-electron chi connectivity index (χ1n) is 5.53. The molecule has 0 amide bonds. The van der Waals surface area contributed by atoms with Gasteiger partial charge in [0.1, 0.15) is 12.1 Å². The third kappa shape index (κ3) is 2.94. The van der Waals surface area contributed by atoms with Crippen LogP contribution in [0.1, 0.15) is 16.1 Å². The Kier molecular flexibility index (Phi) is 3.82. The van der Waals surface area contributed by atoms with E-state index < -0.39 is 17.7 Å². The molecular formula is C12H9ClF3N3O2.